The van der Waals surface area contributed by atoms with Crippen LogP contribution < -0.4 is 11.2 Å². The average Bonchev–Trinajstić information content (AvgIpc) is 3.09. The third kappa shape index (κ3) is 2.81. The topological polar surface area (TPSA) is 93.7 Å². The van der Waals surface area contributed by atoms with Gasteiger partial charge in [0.15, 0.2) is 0 Å². The van der Waals surface area contributed by atoms with Gasteiger partial charge in [0.05, 0.1) is 17.8 Å². The highest BCUT2D eigenvalue weighted by molar-refractivity contribution is 7.19. The number of nitrogens with zero attached hydrogens (tertiary/aromatic N) is 3. The number of thiazole rings is 1. The molecule has 3 aromatic heterocycles. The second-order valence-electron chi connectivity index (χ2n) is 6.01. The molecule has 0 fully saturated rings. The summed E-state index contributed by atoms with van der Waals surface area (Å²) in [6.07, 6.45) is 1.21. The molecule has 0 unspecified atom stereocenters. The van der Waals surface area contributed by atoms with Crippen LogP contribution in [0.15, 0.2) is 46.1 Å². The number of carboxylic acids is 1. The van der Waals surface area contributed by atoms with E-state index >= 15 is 0 Å². The van der Waals surface area contributed by atoms with Crippen LogP contribution in [0.5, 0.6) is 0 Å². The van der Waals surface area contributed by atoms with E-state index < -0.39 is 17.2 Å². The van der Waals surface area contributed by atoms with Crippen molar-refractivity contribution in [2.24, 2.45) is 0 Å². The fourth-order valence-electron chi connectivity index (χ4n) is 2.89. The summed E-state index contributed by atoms with van der Waals surface area (Å²) in [6.45, 7) is 1.47. The highest BCUT2D eigenvalue weighted by Gasteiger charge is 2.17. The van der Waals surface area contributed by atoms with Gasteiger partial charge in [-0.05, 0) is 31.2 Å². The molecule has 0 aliphatic rings. The van der Waals surface area contributed by atoms with E-state index in [0.717, 1.165) is 15.9 Å². The number of hydrogen-bond acceptors (Lipinski definition) is 5. The number of carboxylic acid groups (broad SMARTS) is 1. The summed E-state index contributed by atoms with van der Waals surface area (Å²) in [5.41, 5.74) is 0.157. The number of aryl methyl sites for hydroxylation is 1. The van der Waals surface area contributed by atoms with Crippen LogP contribution in [0.3, 0.4) is 0 Å². The maximum Gasteiger partial charge on any atom is 0.347 e. The van der Waals surface area contributed by atoms with Gasteiger partial charge in [0.2, 0.25) is 0 Å². The highest BCUT2D eigenvalue weighted by atomic mass is 32.1. The van der Waals surface area contributed by atoms with Crippen LogP contribution in [0.25, 0.3) is 15.7 Å². The summed E-state index contributed by atoms with van der Waals surface area (Å²) in [5.74, 6) is -1.54. The zero-order valence-electron chi connectivity index (χ0n) is 14.0. The van der Waals surface area contributed by atoms with Crippen LogP contribution in [0.1, 0.15) is 20.9 Å². The first-order valence-corrected chi connectivity index (χ1v) is 8.71. The van der Waals surface area contributed by atoms with Crippen molar-refractivity contribution in [3.63, 3.8) is 0 Å². The minimum atomic E-state index is -1.16. The Kier molecular flexibility index (Phi) is 3.88. The highest BCUT2D eigenvalue weighted by Crippen LogP contribution is 2.18. The molecule has 4 rings (SSSR count). The molecule has 136 valence electrons. The second-order valence-corrected chi connectivity index (χ2v) is 7.04. The smallest absolute Gasteiger partial charge is 0.347 e. The zero-order chi connectivity index (χ0) is 19.3. The standard InChI is InChI=1S/C18H12FN3O4S/c1-9-15(23)21(18(26)22-8-14(17(24)25)27-16(9)22)7-12-4-2-10-6-11(19)3-5-13(10)20-12/h2-6,8H,7H2,1H3,(H,24,25). The largest absolute Gasteiger partial charge is 0.477 e. The summed E-state index contributed by atoms with van der Waals surface area (Å²) >= 11 is 0.877. The normalized spacial score (nSPS) is 11.3. The molecule has 0 saturated carbocycles. The predicted molar refractivity (Wildman–Crippen MR) is 98.3 cm³/mol. The molecule has 0 bridgehead atoms. The molecule has 1 N–H and O–H groups in total. The van der Waals surface area contributed by atoms with Crippen molar-refractivity contribution in [1.82, 2.24) is 14.0 Å². The Morgan fingerprint density at radius 3 is 2.78 bits per heavy atom. The number of aromatic carboxylic acids is 1. The van der Waals surface area contributed by atoms with Gasteiger partial charge in [0.25, 0.3) is 5.56 Å². The molecule has 0 spiro atoms. The lowest BCUT2D eigenvalue weighted by Gasteiger charge is -2.08. The second kappa shape index (κ2) is 6.13. The Morgan fingerprint density at radius 2 is 2.04 bits per heavy atom. The summed E-state index contributed by atoms with van der Waals surface area (Å²) in [4.78, 5) is 41.2. The van der Waals surface area contributed by atoms with Crippen molar-refractivity contribution in [3.05, 3.63) is 79.3 Å². The van der Waals surface area contributed by atoms with Crippen LogP contribution in [0, 0.1) is 12.7 Å². The first-order chi connectivity index (χ1) is 12.8. The van der Waals surface area contributed by atoms with Crippen LogP contribution >= 0.6 is 11.3 Å². The molecule has 7 nitrogen and oxygen atoms in total. The fourth-order valence-corrected chi connectivity index (χ4v) is 3.82. The summed E-state index contributed by atoms with van der Waals surface area (Å²) < 4.78 is 15.5. The molecule has 0 saturated heterocycles. The van der Waals surface area contributed by atoms with Crippen LogP contribution in [-0.2, 0) is 6.54 Å². The van der Waals surface area contributed by atoms with E-state index in [4.69, 9.17) is 5.11 Å². The van der Waals surface area contributed by atoms with E-state index in [2.05, 4.69) is 4.98 Å². The van der Waals surface area contributed by atoms with E-state index in [1.807, 2.05) is 0 Å². The van der Waals surface area contributed by atoms with Gasteiger partial charge in [-0.15, -0.1) is 11.3 Å². The first-order valence-electron chi connectivity index (χ1n) is 7.89. The minimum Gasteiger partial charge on any atom is -0.477 e. The lowest BCUT2D eigenvalue weighted by Crippen LogP contribution is -2.38. The van der Waals surface area contributed by atoms with Gasteiger partial charge >= 0.3 is 11.7 Å². The monoisotopic (exact) mass is 385 g/mol. The maximum atomic E-state index is 13.3. The number of benzene rings is 1. The Morgan fingerprint density at radius 1 is 1.26 bits per heavy atom. The molecule has 0 amide bonds. The van der Waals surface area contributed by atoms with E-state index in [9.17, 15) is 18.8 Å². The van der Waals surface area contributed by atoms with Crippen molar-refractivity contribution in [3.8, 4) is 0 Å². The lowest BCUT2D eigenvalue weighted by molar-refractivity contribution is 0.0701. The van der Waals surface area contributed by atoms with Gasteiger partial charge in [-0.2, -0.15) is 0 Å². The van der Waals surface area contributed by atoms with Crippen LogP contribution in [-0.4, -0.2) is 25.0 Å². The Bertz CT molecular complexity index is 1350. The third-order valence-electron chi connectivity index (χ3n) is 4.24. The van der Waals surface area contributed by atoms with Gasteiger partial charge in [-0.3, -0.25) is 18.7 Å². The summed E-state index contributed by atoms with van der Waals surface area (Å²) in [5, 5.41) is 9.74. The molecular weight excluding hydrogens is 373 g/mol. The summed E-state index contributed by atoms with van der Waals surface area (Å²) in [7, 11) is 0. The molecule has 3 heterocycles. The fraction of sp³-hybridized carbons (Fsp3) is 0.111. The van der Waals surface area contributed by atoms with Gasteiger partial charge in [0.1, 0.15) is 15.5 Å². The van der Waals surface area contributed by atoms with Crippen molar-refractivity contribution in [2.75, 3.05) is 0 Å². The van der Waals surface area contributed by atoms with Gasteiger partial charge < -0.3 is 5.11 Å². The third-order valence-corrected chi connectivity index (χ3v) is 5.43. The van der Waals surface area contributed by atoms with E-state index in [1.54, 1.807) is 19.1 Å². The van der Waals surface area contributed by atoms with E-state index in [1.165, 1.54) is 28.8 Å². The number of halogens is 1. The van der Waals surface area contributed by atoms with Gasteiger partial charge in [-0.1, -0.05) is 6.07 Å². The Labute approximate surface area is 154 Å². The number of aromatic nitrogens is 3. The quantitative estimate of drug-likeness (QED) is 0.584. The minimum absolute atomic E-state index is 0.0294. The number of carbonyl (C=O) groups is 1. The van der Waals surface area contributed by atoms with Crippen LogP contribution in [0.4, 0.5) is 4.39 Å². The molecule has 0 aliphatic carbocycles. The number of pyridine rings is 1. The Balaban J connectivity index is 1.86. The van der Waals surface area contributed by atoms with Crippen molar-refractivity contribution in [1.29, 1.82) is 0 Å². The van der Waals surface area contributed by atoms with Gasteiger partial charge in [0, 0.05) is 17.1 Å². The van der Waals surface area contributed by atoms with E-state index in [0.29, 0.717) is 21.4 Å². The number of hydrogen-bond donors (Lipinski definition) is 1. The molecule has 0 atom stereocenters. The molecule has 0 radical (unpaired) electrons. The molecule has 1 aromatic carbocycles. The average molecular weight is 385 g/mol. The van der Waals surface area contributed by atoms with Crippen molar-refractivity contribution >= 4 is 33.0 Å². The lowest BCUT2D eigenvalue weighted by atomic mass is 10.2. The number of rotatable bonds is 3. The first kappa shape index (κ1) is 17.1. The molecule has 4 aromatic rings. The molecular formula is C18H12FN3O4S. The zero-order valence-corrected chi connectivity index (χ0v) is 14.8. The SMILES string of the molecule is Cc1c(=O)n(Cc2ccc3cc(F)ccc3n2)c(=O)n2cc(C(=O)O)sc12. The van der Waals surface area contributed by atoms with Gasteiger partial charge in [-0.25, -0.2) is 14.0 Å². The molecule has 0 aliphatic heterocycles. The summed E-state index contributed by atoms with van der Waals surface area (Å²) in [6, 6.07) is 7.45. The maximum absolute atomic E-state index is 13.3. The van der Waals surface area contributed by atoms with E-state index in [-0.39, 0.29) is 22.8 Å². The van der Waals surface area contributed by atoms with Crippen molar-refractivity contribution < 1.29 is 14.3 Å². The molecule has 27 heavy (non-hydrogen) atoms. The van der Waals surface area contributed by atoms with Crippen molar-refractivity contribution in [2.45, 2.75) is 13.5 Å². The molecule has 9 heteroatoms. The van der Waals surface area contributed by atoms with Crippen LogP contribution in [0.2, 0.25) is 0 Å². The predicted octanol–water partition coefficient (Wildman–Crippen LogP) is 2.26. The number of fused-ring (bicyclic) bond motifs is 2. The Hall–Kier alpha value is -3.33.